The van der Waals surface area contributed by atoms with Crippen molar-refractivity contribution >= 4 is 5.84 Å². The van der Waals surface area contributed by atoms with E-state index in [-0.39, 0.29) is 6.04 Å². The Morgan fingerprint density at radius 2 is 2.12 bits per heavy atom. The SMILES string of the molecule is C[C@H]1CC(=N)N[C@@H]1CC(N)c1ccccc1. The lowest BCUT2D eigenvalue weighted by Crippen LogP contribution is -2.31. The van der Waals surface area contributed by atoms with Crippen molar-refractivity contribution in [2.24, 2.45) is 11.7 Å². The van der Waals surface area contributed by atoms with Crippen LogP contribution in [0.3, 0.4) is 0 Å². The van der Waals surface area contributed by atoms with Gasteiger partial charge < -0.3 is 11.1 Å². The van der Waals surface area contributed by atoms with E-state index in [1.165, 1.54) is 5.56 Å². The molecule has 1 aromatic carbocycles. The van der Waals surface area contributed by atoms with Crippen molar-refractivity contribution in [1.29, 1.82) is 5.41 Å². The molecule has 0 bridgehead atoms. The minimum Gasteiger partial charge on any atom is -0.371 e. The van der Waals surface area contributed by atoms with Crippen LogP contribution in [-0.4, -0.2) is 11.9 Å². The van der Waals surface area contributed by atoms with Gasteiger partial charge >= 0.3 is 0 Å². The van der Waals surface area contributed by atoms with Gasteiger partial charge in [0.25, 0.3) is 0 Å². The lowest BCUT2D eigenvalue weighted by atomic mass is 9.93. The Kier molecular flexibility index (Phi) is 3.25. The fraction of sp³-hybridized carbons (Fsp3) is 0.462. The Hall–Kier alpha value is -1.35. The summed E-state index contributed by atoms with van der Waals surface area (Å²) in [5, 5.41) is 10.8. The highest BCUT2D eigenvalue weighted by Gasteiger charge is 2.28. The van der Waals surface area contributed by atoms with E-state index in [2.05, 4.69) is 24.4 Å². The summed E-state index contributed by atoms with van der Waals surface area (Å²) < 4.78 is 0. The Bertz CT molecular complexity index is 361. The van der Waals surface area contributed by atoms with Crippen LogP contribution in [0.5, 0.6) is 0 Å². The first-order valence-electron chi connectivity index (χ1n) is 5.81. The predicted molar refractivity (Wildman–Crippen MR) is 66.4 cm³/mol. The van der Waals surface area contributed by atoms with Gasteiger partial charge in [0.2, 0.25) is 0 Å². The van der Waals surface area contributed by atoms with E-state index in [1.54, 1.807) is 0 Å². The third kappa shape index (κ3) is 2.42. The highest BCUT2D eigenvalue weighted by atomic mass is 15.0. The molecule has 1 fully saturated rings. The summed E-state index contributed by atoms with van der Waals surface area (Å²) in [5.41, 5.74) is 7.35. The van der Waals surface area contributed by atoms with Crippen LogP contribution in [0.15, 0.2) is 30.3 Å². The average molecular weight is 217 g/mol. The van der Waals surface area contributed by atoms with Crippen molar-refractivity contribution in [3.05, 3.63) is 35.9 Å². The first-order valence-corrected chi connectivity index (χ1v) is 5.81. The molecule has 0 radical (unpaired) electrons. The first-order chi connectivity index (χ1) is 7.66. The van der Waals surface area contributed by atoms with E-state index in [4.69, 9.17) is 11.1 Å². The molecule has 1 heterocycles. The minimum atomic E-state index is 0.0621. The maximum atomic E-state index is 7.61. The fourth-order valence-electron chi connectivity index (χ4n) is 2.29. The zero-order chi connectivity index (χ0) is 11.5. The quantitative estimate of drug-likeness (QED) is 0.725. The molecule has 0 aromatic heterocycles. The van der Waals surface area contributed by atoms with Gasteiger partial charge in [-0.2, -0.15) is 0 Å². The van der Waals surface area contributed by atoms with E-state index in [1.807, 2.05) is 18.2 Å². The molecule has 1 aliphatic rings. The molecule has 2 rings (SSSR count). The zero-order valence-corrected chi connectivity index (χ0v) is 9.61. The molecule has 3 heteroatoms. The van der Waals surface area contributed by atoms with Gasteiger partial charge in [-0.25, -0.2) is 0 Å². The molecule has 4 N–H and O–H groups in total. The molecule has 3 nitrogen and oxygen atoms in total. The van der Waals surface area contributed by atoms with Crippen molar-refractivity contribution in [2.75, 3.05) is 0 Å². The highest BCUT2D eigenvalue weighted by molar-refractivity contribution is 5.81. The van der Waals surface area contributed by atoms with Crippen LogP contribution in [0.1, 0.15) is 31.4 Å². The zero-order valence-electron chi connectivity index (χ0n) is 9.61. The van der Waals surface area contributed by atoms with E-state index < -0.39 is 0 Å². The van der Waals surface area contributed by atoms with Crippen LogP contribution in [0, 0.1) is 11.3 Å². The van der Waals surface area contributed by atoms with Gasteiger partial charge in [-0.05, 0) is 17.9 Å². The molecule has 0 amide bonds. The second-order valence-corrected chi connectivity index (χ2v) is 4.66. The van der Waals surface area contributed by atoms with Crippen molar-refractivity contribution in [2.45, 2.75) is 31.8 Å². The molecule has 0 spiro atoms. The van der Waals surface area contributed by atoms with E-state index in [9.17, 15) is 0 Å². The highest BCUT2D eigenvalue weighted by Crippen LogP contribution is 2.24. The van der Waals surface area contributed by atoms with Crippen molar-refractivity contribution < 1.29 is 0 Å². The van der Waals surface area contributed by atoms with Crippen LogP contribution in [-0.2, 0) is 0 Å². The monoisotopic (exact) mass is 217 g/mol. The van der Waals surface area contributed by atoms with Crippen molar-refractivity contribution in [3.8, 4) is 0 Å². The molecular formula is C13H19N3. The van der Waals surface area contributed by atoms with Gasteiger partial charge in [-0.15, -0.1) is 0 Å². The predicted octanol–water partition coefficient (Wildman–Crippen LogP) is 2.05. The number of nitrogens with one attached hydrogen (secondary N) is 2. The van der Waals surface area contributed by atoms with Gasteiger partial charge in [0.15, 0.2) is 0 Å². The summed E-state index contributed by atoms with van der Waals surface area (Å²) in [5.74, 6) is 1.17. The average Bonchev–Trinajstić information content (AvgIpc) is 2.59. The largest absolute Gasteiger partial charge is 0.371 e. The second kappa shape index (κ2) is 4.66. The van der Waals surface area contributed by atoms with E-state index >= 15 is 0 Å². The molecular weight excluding hydrogens is 198 g/mol. The van der Waals surface area contributed by atoms with Gasteiger partial charge in [-0.1, -0.05) is 37.3 Å². The molecule has 86 valence electrons. The molecule has 3 atom stereocenters. The fourth-order valence-corrected chi connectivity index (χ4v) is 2.29. The van der Waals surface area contributed by atoms with E-state index in [0.717, 1.165) is 12.8 Å². The molecule has 0 saturated carbocycles. The molecule has 0 aliphatic carbocycles. The molecule has 1 aromatic rings. The topological polar surface area (TPSA) is 61.9 Å². The Labute approximate surface area is 96.6 Å². The molecule has 1 aliphatic heterocycles. The Balaban J connectivity index is 1.98. The maximum absolute atomic E-state index is 7.61. The first kappa shape index (κ1) is 11.1. The molecule has 1 saturated heterocycles. The number of benzene rings is 1. The van der Waals surface area contributed by atoms with E-state index in [0.29, 0.717) is 17.8 Å². The Morgan fingerprint density at radius 1 is 1.44 bits per heavy atom. The van der Waals surface area contributed by atoms with Crippen LogP contribution in [0.2, 0.25) is 0 Å². The maximum Gasteiger partial charge on any atom is 0.0937 e. The third-order valence-electron chi connectivity index (χ3n) is 3.31. The number of hydrogen-bond acceptors (Lipinski definition) is 2. The summed E-state index contributed by atoms with van der Waals surface area (Å²) in [4.78, 5) is 0. The minimum absolute atomic E-state index is 0.0621. The van der Waals surface area contributed by atoms with Crippen LogP contribution >= 0.6 is 0 Å². The number of hydrogen-bond donors (Lipinski definition) is 3. The summed E-state index contributed by atoms with van der Waals surface area (Å²) >= 11 is 0. The van der Waals surface area contributed by atoms with Crippen molar-refractivity contribution in [1.82, 2.24) is 5.32 Å². The summed E-state index contributed by atoms with van der Waals surface area (Å²) in [6.45, 7) is 2.18. The standard InChI is InChI=1S/C13H19N3/c1-9-7-13(15)16-12(9)8-11(14)10-5-3-2-4-6-10/h2-6,9,11-12H,7-8,14H2,1H3,(H2,15,16)/t9-,11?,12+/m0/s1. The van der Waals surface area contributed by atoms with Gasteiger partial charge in [0.1, 0.15) is 0 Å². The summed E-state index contributed by atoms with van der Waals surface area (Å²) in [7, 11) is 0. The Morgan fingerprint density at radius 3 is 2.69 bits per heavy atom. The van der Waals surface area contributed by atoms with Gasteiger partial charge in [-0.3, -0.25) is 5.41 Å². The number of nitrogens with two attached hydrogens (primary N) is 1. The molecule has 16 heavy (non-hydrogen) atoms. The normalized spacial score (nSPS) is 26.5. The van der Waals surface area contributed by atoms with Crippen LogP contribution < -0.4 is 11.1 Å². The van der Waals surface area contributed by atoms with Gasteiger partial charge in [0.05, 0.1) is 5.84 Å². The number of amidine groups is 1. The third-order valence-corrected chi connectivity index (χ3v) is 3.31. The molecule has 1 unspecified atom stereocenters. The van der Waals surface area contributed by atoms with Gasteiger partial charge in [0, 0.05) is 18.5 Å². The number of rotatable bonds is 3. The van der Waals surface area contributed by atoms with Crippen molar-refractivity contribution in [3.63, 3.8) is 0 Å². The lowest BCUT2D eigenvalue weighted by Gasteiger charge is -2.20. The van der Waals surface area contributed by atoms with Crippen LogP contribution in [0.4, 0.5) is 0 Å². The lowest BCUT2D eigenvalue weighted by molar-refractivity contribution is 0.421. The second-order valence-electron chi connectivity index (χ2n) is 4.66. The summed E-state index contributed by atoms with van der Waals surface area (Å²) in [6, 6.07) is 10.6. The summed E-state index contributed by atoms with van der Waals surface area (Å²) in [6.07, 6.45) is 1.75. The smallest absolute Gasteiger partial charge is 0.0937 e. The van der Waals surface area contributed by atoms with Crippen LogP contribution in [0.25, 0.3) is 0 Å².